The smallest absolute Gasteiger partial charge is 0.312 e. The molecule has 1 aliphatic rings. The molecule has 1 fully saturated rings. The van der Waals surface area contributed by atoms with Crippen molar-refractivity contribution in [3.63, 3.8) is 0 Å². The molecular formula is C13H19N3O2. The number of benzene rings is 1. The van der Waals surface area contributed by atoms with E-state index in [1.54, 1.807) is 0 Å². The Morgan fingerprint density at radius 2 is 2.17 bits per heavy atom. The van der Waals surface area contributed by atoms with E-state index in [0.29, 0.717) is 13.0 Å². The summed E-state index contributed by atoms with van der Waals surface area (Å²) in [5, 5.41) is 12.4. The summed E-state index contributed by atoms with van der Waals surface area (Å²) in [6.45, 7) is 2.27. The number of likely N-dealkylation sites (tertiary alicyclic amines) is 1. The van der Waals surface area contributed by atoms with E-state index in [9.17, 15) is 9.90 Å². The van der Waals surface area contributed by atoms with Gasteiger partial charge in [0, 0.05) is 19.6 Å². The summed E-state index contributed by atoms with van der Waals surface area (Å²) >= 11 is 0. The van der Waals surface area contributed by atoms with Crippen molar-refractivity contribution in [2.24, 2.45) is 5.73 Å². The molecule has 98 valence electrons. The number of hydrogen-bond donors (Lipinski definition) is 3. The number of piperidine rings is 1. The van der Waals surface area contributed by atoms with Gasteiger partial charge in [0.1, 0.15) is 0 Å². The molecule has 1 aliphatic heterocycles. The van der Waals surface area contributed by atoms with Gasteiger partial charge in [-0.1, -0.05) is 30.3 Å². The molecule has 18 heavy (non-hydrogen) atoms. The zero-order chi connectivity index (χ0) is 13.0. The van der Waals surface area contributed by atoms with Gasteiger partial charge in [-0.05, 0) is 12.0 Å². The Kier molecular flexibility index (Phi) is 4.17. The van der Waals surface area contributed by atoms with Crippen LogP contribution < -0.4 is 11.1 Å². The van der Waals surface area contributed by atoms with Crippen molar-refractivity contribution >= 4 is 6.03 Å². The van der Waals surface area contributed by atoms with Gasteiger partial charge >= 0.3 is 6.03 Å². The molecule has 0 bridgehead atoms. The maximum atomic E-state index is 10.9. The van der Waals surface area contributed by atoms with Crippen LogP contribution in [-0.4, -0.2) is 41.3 Å². The van der Waals surface area contributed by atoms with E-state index in [4.69, 9.17) is 5.73 Å². The summed E-state index contributed by atoms with van der Waals surface area (Å²) in [6.07, 6.45) is 0.141. The van der Waals surface area contributed by atoms with Crippen molar-refractivity contribution < 1.29 is 9.90 Å². The first-order valence-electron chi connectivity index (χ1n) is 6.15. The summed E-state index contributed by atoms with van der Waals surface area (Å²) in [4.78, 5) is 13.1. The minimum absolute atomic E-state index is 0.278. The number of aliphatic hydroxyl groups excluding tert-OH is 1. The zero-order valence-corrected chi connectivity index (χ0v) is 10.2. The number of nitrogens with one attached hydrogen (secondary N) is 1. The summed E-state index contributed by atoms with van der Waals surface area (Å²) < 4.78 is 0. The second-order valence-electron chi connectivity index (χ2n) is 4.69. The first-order valence-corrected chi connectivity index (χ1v) is 6.15. The number of aliphatic hydroxyl groups is 1. The third kappa shape index (κ3) is 3.45. The number of hydrogen-bond acceptors (Lipinski definition) is 3. The minimum atomic E-state index is -0.583. The Morgan fingerprint density at radius 3 is 2.83 bits per heavy atom. The van der Waals surface area contributed by atoms with Gasteiger partial charge in [-0.2, -0.15) is 0 Å². The lowest BCUT2D eigenvalue weighted by Gasteiger charge is -2.36. The molecule has 1 aromatic rings. The number of carbonyl (C=O) groups is 1. The van der Waals surface area contributed by atoms with Crippen molar-refractivity contribution in [3.05, 3.63) is 35.9 Å². The summed E-state index contributed by atoms with van der Waals surface area (Å²) in [5.74, 6) is 0. The molecule has 1 heterocycles. The van der Waals surface area contributed by atoms with E-state index in [1.165, 1.54) is 5.56 Å². The van der Waals surface area contributed by atoms with Crippen LogP contribution in [0, 0.1) is 0 Å². The maximum Gasteiger partial charge on any atom is 0.312 e. The van der Waals surface area contributed by atoms with Crippen molar-refractivity contribution in [1.29, 1.82) is 0 Å². The Bertz CT molecular complexity index is 396. The molecule has 5 nitrogen and oxygen atoms in total. The van der Waals surface area contributed by atoms with Gasteiger partial charge in [-0.3, -0.25) is 4.90 Å². The van der Waals surface area contributed by atoms with Gasteiger partial charge in [-0.15, -0.1) is 0 Å². The molecule has 1 saturated heterocycles. The molecule has 0 saturated carbocycles. The van der Waals surface area contributed by atoms with Crippen LogP contribution in [0.2, 0.25) is 0 Å². The van der Waals surface area contributed by atoms with Crippen LogP contribution in [0.1, 0.15) is 12.0 Å². The number of rotatable bonds is 3. The van der Waals surface area contributed by atoms with Crippen molar-refractivity contribution in [2.45, 2.75) is 25.1 Å². The molecule has 0 aliphatic carbocycles. The van der Waals surface area contributed by atoms with Gasteiger partial charge in [0.15, 0.2) is 0 Å². The van der Waals surface area contributed by atoms with Crippen LogP contribution in [0.3, 0.4) is 0 Å². The number of urea groups is 1. The van der Waals surface area contributed by atoms with Crippen LogP contribution in [-0.2, 0) is 6.54 Å². The fourth-order valence-electron chi connectivity index (χ4n) is 2.32. The Morgan fingerprint density at radius 1 is 1.44 bits per heavy atom. The second-order valence-corrected chi connectivity index (χ2v) is 4.69. The number of primary amides is 1. The molecule has 0 radical (unpaired) electrons. The summed E-state index contributed by atoms with van der Waals surface area (Å²) in [6, 6.07) is 9.28. The first kappa shape index (κ1) is 12.9. The number of amides is 2. The Hall–Kier alpha value is -1.59. The summed E-state index contributed by atoms with van der Waals surface area (Å²) in [5.41, 5.74) is 6.33. The largest absolute Gasteiger partial charge is 0.391 e. The Balaban J connectivity index is 1.93. The van der Waals surface area contributed by atoms with E-state index in [-0.39, 0.29) is 6.04 Å². The van der Waals surface area contributed by atoms with Crippen LogP contribution >= 0.6 is 0 Å². The van der Waals surface area contributed by atoms with Crippen molar-refractivity contribution in [3.8, 4) is 0 Å². The van der Waals surface area contributed by atoms with E-state index >= 15 is 0 Å². The minimum Gasteiger partial charge on any atom is -0.391 e. The molecule has 0 aromatic heterocycles. The normalized spacial score (nSPS) is 24.7. The van der Waals surface area contributed by atoms with Gasteiger partial charge in [-0.25, -0.2) is 4.79 Å². The molecule has 2 rings (SSSR count). The van der Waals surface area contributed by atoms with Gasteiger partial charge in [0.2, 0.25) is 0 Å². The Labute approximate surface area is 107 Å². The number of nitrogens with zero attached hydrogens (tertiary/aromatic N) is 1. The van der Waals surface area contributed by atoms with E-state index in [2.05, 4.69) is 22.3 Å². The lowest BCUT2D eigenvalue weighted by molar-refractivity contribution is 0.0488. The maximum absolute atomic E-state index is 10.9. The highest BCUT2D eigenvalue weighted by atomic mass is 16.3. The van der Waals surface area contributed by atoms with E-state index in [1.807, 2.05) is 18.2 Å². The standard InChI is InChI=1S/C13H19N3O2/c14-13(18)15-11-9-16(7-6-12(11)17)8-10-4-2-1-3-5-10/h1-5,11-12,17H,6-9H2,(H3,14,15,18). The molecular weight excluding hydrogens is 230 g/mol. The topological polar surface area (TPSA) is 78.6 Å². The van der Waals surface area contributed by atoms with Gasteiger partial charge in [0.25, 0.3) is 0 Å². The van der Waals surface area contributed by atoms with Crippen LogP contribution in [0.4, 0.5) is 4.79 Å². The average Bonchev–Trinajstić information content (AvgIpc) is 2.34. The van der Waals surface area contributed by atoms with Crippen LogP contribution in [0.25, 0.3) is 0 Å². The molecule has 0 spiro atoms. The lowest BCUT2D eigenvalue weighted by atomic mass is 10.0. The number of carbonyl (C=O) groups excluding carboxylic acids is 1. The third-order valence-corrected chi connectivity index (χ3v) is 3.24. The molecule has 2 atom stereocenters. The highest BCUT2D eigenvalue weighted by Gasteiger charge is 2.28. The second kappa shape index (κ2) is 5.84. The zero-order valence-electron chi connectivity index (χ0n) is 10.2. The summed E-state index contributed by atoms with van der Waals surface area (Å²) in [7, 11) is 0. The lowest BCUT2D eigenvalue weighted by Crippen LogP contribution is -2.55. The molecule has 4 N–H and O–H groups in total. The first-order chi connectivity index (χ1) is 8.65. The quantitative estimate of drug-likeness (QED) is 0.720. The van der Waals surface area contributed by atoms with Gasteiger partial charge in [0.05, 0.1) is 12.1 Å². The molecule has 2 unspecified atom stereocenters. The fourth-order valence-corrected chi connectivity index (χ4v) is 2.32. The monoisotopic (exact) mass is 249 g/mol. The van der Waals surface area contributed by atoms with Crippen LogP contribution in [0.15, 0.2) is 30.3 Å². The number of nitrogens with two attached hydrogens (primary N) is 1. The third-order valence-electron chi connectivity index (χ3n) is 3.24. The average molecular weight is 249 g/mol. The molecule has 5 heteroatoms. The van der Waals surface area contributed by atoms with Crippen LogP contribution in [0.5, 0.6) is 0 Å². The van der Waals surface area contributed by atoms with Crippen molar-refractivity contribution in [2.75, 3.05) is 13.1 Å². The van der Waals surface area contributed by atoms with Gasteiger partial charge < -0.3 is 16.2 Å². The van der Waals surface area contributed by atoms with E-state index < -0.39 is 12.1 Å². The highest BCUT2D eigenvalue weighted by molar-refractivity contribution is 5.72. The highest BCUT2D eigenvalue weighted by Crippen LogP contribution is 2.14. The fraction of sp³-hybridized carbons (Fsp3) is 0.462. The van der Waals surface area contributed by atoms with E-state index in [0.717, 1.165) is 13.1 Å². The SMILES string of the molecule is NC(=O)NC1CN(Cc2ccccc2)CCC1O. The predicted octanol–water partition coefficient (Wildman–Crippen LogP) is 0.290. The molecule has 2 amide bonds. The van der Waals surface area contributed by atoms with Crippen molar-refractivity contribution in [1.82, 2.24) is 10.2 Å². The predicted molar refractivity (Wildman–Crippen MR) is 68.8 cm³/mol. The molecule has 1 aromatic carbocycles.